The lowest BCUT2D eigenvalue weighted by atomic mass is 10.2. The highest BCUT2D eigenvalue weighted by Crippen LogP contribution is 2.11. The lowest BCUT2D eigenvalue weighted by Gasteiger charge is -2.11. The van der Waals surface area contributed by atoms with Gasteiger partial charge in [0.2, 0.25) is 0 Å². The molecule has 0 radical (unpaired) electrons. The van der Waals surface area contributed by atoms with Crippen molar-refractivity contribution in [1.82, 2.24) is 20.5 Å². The second-order valence-corrected chi connectivity index (χ2v) is 4.52. The van der Waals surface area contributed by atoms with E-state index in [-0.39, 0.29) is 6.04 Å². The number of hydrogen-bond acceptors (Lipinski definition) is 3. The minimum absolute atomic E-state index is 0.268. The minimum atomic E-state index is 0.268. The number of nitrogens with one attached hydrogen (secondary N) is 2. The van der Waals surface area contributed by atoms with E-state index in [9.17, 15) is 0 Å². The Labute approximate surface area is 103 Å². The minimum Gasteiger partial charge on any atom is -0.304 e. The zero-order valence-corrected chi connectivity index (χ0v) is 10.5. The van der Waals surface area contributed by atoms with E-state index in [1.807, 2.05) is 24.5 Å². The Morgan fingerprint density at radius 1 is 1.44 bits per heavy atom. The number of rotatable bonds is 4. The molecule has 0 aliphatic rings. The van der Waals surface area contributed by atoms with E-state index in [0.717, 1.165) is 22.3 Å². The molecule has 0 spiro atoms. The largest absolute Gasteiger partial charge is 0.304 e. The molecule has 0 aliphatic heterocycles. The molecule has 0 aliphatic carbocycles. The van der Waals surface area contributed by atoms with Crippen LogP contribution in [-0.4, -0.2) is 15.2 Å². The number of pyridine rings is 1. The summed E-state index contributed by atoms with van der Waals surface area (Å²) in [6, 6.07) is 4.26. The molecule has 0 bridgehead atoms. The molecule has 5 heteroatoms. The van der Waals surface area contributed by atoms with Gasteiger partial charge in [0.15, 0.2) is 0 Å². The monoisotopic (exact) mass is 280 g/mol. The molecule has 1 unspecified atom stereocenters. The molecule has 16 heavy (non-hydrogen) atoms. The van der Waals surface area contributed by atoms with E-state index >= 15 is 0 Å². The fraction of sp³-hybridized carbons (Fsp3) is 0.273. The number of H-pyrrole nitrogens is 1. The Hall–Kier alpha value is -1.20. The first-order chi connectivity index (χ1) is 7.75. The molecule has 0 amide bonds. The third kappa shape index (κ3) is 2.90. The lowest BCUT2D eigenvalue weighted by molar-refractivity contribution is 0.568. The molecule has 2 heterocycles. The molecule has 0 aromatic carbocycles. The summed E-state index contributed by atoms with van der Waals surface area (Å²) in [4.78, 5) is 4.30. The van der Waals surface area contributed by atoms with Crippen molar-refractivity contribution >= 4 is 15.9 Å². The summed E-state index contributed by atoms with van der Waals surface area (Å²) < 4.78 is 0.999. The topological polar surface area (TPSA) is 53.6 Å². The predicted octanol–water partition coefficient (Wildman–Crippen LogP) is 2.42. The van der Waals surface area contributed by atoms with Crippen molar-refractivity contribution in [1.29, 1.82) is 0 Å². The van der Waals surface area contributed by atoms with Gasteiger partial charge in [-0.15, -0.1) is 0 Å². The van der Waals surface area contributed by atoms with Gasteiger partial charge in [-0.1, -0.05) is 0 Å². The standard InChI is InChI=1S/C11H13BrN4/c1-8(9-4-15-16-5-9)13-7-11-3-2-10(12)6-14-11/h2-6,8,13H,7H2,1H3,(H,15,16). The molecule has 0 saturated heterocycles. The van der Waals surface area contributed by atoms with Gasteiger partial charge in [-0.2, -0.15) is 5.10 Å². The normalized spacial score (nSPS) is 12.6. The van der Waals surface area contributed by atoms with Crippen LogP contribution in [0.4, 0.5) is 0 Å². The molecule has 0 saturated carbocycles. The van der Waals surface area contributed by atoms with Crippen molar-refractivity contribution in [2.45, 2.75) is 19.5 Å². The van der Waals surface area contributed by atoms with Gasteiger partial charge in [-0.05, 0) is 35.0 Å². The van der Waals surface area contributed by atoms with Crippen LogP contribution in [0, 0.1) is 0 Å². The van der Waals surface area contributed by atoms with Gasteiger partial charge in [-0.25, -0.2) is 0 Å². The molecule has 2 aromatic rings. The maximum absolute atomic E-state index is 4.30. The van der Waals surface area contributed by atoms with E-state index in [4.69, 9.17) is 0 Å². The highest BCUT2D eigenvalue weighted by atomic mass is 79.9. The first-order valence-electron chi connectivity index (χ1n) is 5.08. The van der Waals surface area contributed by atoms with Crippen LogP contribution in [0.5, 0.6) is 0 Å². The Bertz CT molecular complexity index is 424. The Morgan fingerprint density at radius 3 is 2.94 bits per heavy atom. The molecule has 4 nitrogen and oxygen atoms in total. The van der Waals surface area contributed by atoms with Gasteiger partial charge >= 0.3 is 0 Å². The molecule has 1 atom stereocenters. The summed E-state index contributed by atoms with van der Waals surface area (Å²) in [6.07, 6.45) is 5.53. The zero-order valence-electron chi connectivity index (χ0n) is 8.94. The van der Waals surface area contributed by atoms with Crippen molar-refractivity contribution in [3.63, 3.8) is 0 Å². The van der Waals surface area contributed by atoms with Gasteiger partial charge in [0, 0.05) is 35.0 Å². The van der Waals surface area contributed by atoms with Crippen molar-refractivity contribution in [2.75, 3.05) is 0 Å². The summed E-state index contributed by atoms with van der Waals surface area (Å²) in [7, 11) is 0. The summed E-state index contributed by atoms with van der Waals surface area (Å²) in [5.41, 5.74) is 2.18. The van der Waals surface area contributed by atoms with E-state index in [1.165, 1.54) is 0 Å². The van der Waals surface area contributed by atoms with Crippen molar-refractivity contribution in [3.8, 4) is 0 Å². The molecular formula is C11H13BrN4. The maximum Gasteiger partial charge on any atom is 0.0542 e. The molecule has 2 N–H and O–H groups in total. The van der Waals surface area contributed by atoms with Crippen LogP contribution in [-0.2, 0) is 6.54 Å². The maximum atomic E-state index is 4.30. The highest BCUT2D eigenvalue weighted by Gasteiger charge is 2.05. The smallest absolute Gasteiger partial charge is 0.0542 e. The average molecular weight is 281 g/mol. The first kappa shape index (κ1) is 11.3. The Balaban J connectivity index is 1.90. The Morgan fingerprint density at radius 2 is 2.31 bits per heavy atom. The second kappa shape index (κ2) is 5.23. The Kier molecular flexibility index (Phi) is 3.69. The van der Waals surface area contributed by atoms with Crippen LogP contribution in [0.15, 0.2) is 35.2 Å². The fourth-order valence-corrected chi connectivity index (χ4v) is 1.62. The number of hydrogen-bond donors (Lipinski definition) is 2. The lowest BCUT2D eigenvalue weighted by Crippen LogP contribution is -2.18. The van der Waals surface area contributed by atoms with E-state index in [0.29, 0.717) is 0 Å². The number of halogens is 1. The summed E-state index contributed by atoms with van der Waals surface area (Å²) in [5.74, 6) is 0. The van der Waals surface area contributed by atoms with Crippen molar-refractivity contribution in [2.24, 2.45) is 0 Å². The van der Waals surface area contributed by atoms with Crippen LogP contribution in [0.2, 0.25) is 0 Å². The first-order valence-corrected chi connectivity index (χ1v) is 5.87. The molecular weight excluding hydrogens is 268 g/mol. The van der Waals surface area contributed by atoms with Crippen molar-refractivity contribution in [3.05, 3.63) is 46.5 Å². The van der Waals surface area contributed by atoms with Crippen LogP contribution in [0.3, 0.4) is 0 Å². The average Bonchev–Trinajstić information content (AvgIpc) is 2.81. The fourth-order valence-electron chi connectivity index (χ4n) is 1.38. The van der Waals surface area contributed by atoms with Crippen LogP contribution in [0.1, 0.15) is 24.2 Å². The summed E-state index contributed by atoms with van der Waals surface area (Å²) in [5, 5.41) is 10.1. The SMILES string of the molecule is CC(NCc1ccc(Br)cn1)c1cn[nH]c1. The molecule has 2 aromatic heterocycles. The number of aromatic nitrogens is 3. The second-order valence-electron chi connectivity index (χ2n) is 3.60. The highest BCUT2D eigenvalue weighted by molar-refractivity contribution is 9.10. The molecule has 0 fully saturated rings. The summed E-state index contributed by atoms with van der Waals surface area (Å²) in [6.45, 7) is 2.85. The third-order valence-electron chi connectivity index (χ3n) is 2.40. The van der Waals surface area contributed by atoms with E-state index in [2.05, 4.69) is 43.4 Å². The third-order valence-corrected chi connectivity index (χ3v) is 2.87. The van der Waals surface area contributed by atoms with Crippen LogP contribution < -0.4 is 5.32 Å². The van der Waals surface area contributed by atoms with Gasteiger partial charge < -0.3 is 5.32 Å². The summed E-state index contributed by atoms with van der Waals surface area (Å²) >= 11 is 3.36. The number of aromatic amines is 1. The van der Waals surface area contributed by atoms with Gasteiger partial charge in [-0.3, -0.25) is 10.1 Å². The van der Waals surface area contributed by atoms with E-state index < -0.39 is 0 Å². The van der Waals surface area contributed by atoms with E-state index in [1.54, 1.807) is 6.20 Å². The van der Waals surface area contributed by atoms with Crippen LogP contribution >= 0.6 is 15.9 Å². The number of nitrogens with zero attached hydrogens (tertiary/aromatic N) is 2. The van der Waals surface area contributed by atoms with Gasteiger partial charge in [0.05, 0.1) is 11.9 Å². The van der Waals surface area contributed by atoms with Gasteiger partial charge in [0.25, 0.3) is 0 Å². The predicted molar refractivity (Wildman–Crippen MR) is 65.8 cm³/mol. The van der Waals surface area contributed by atoms with Gasteiger partial charge in [0.1, 0.15) is 0 Å². The molecule has 2 rings (SSSR count). The van der Waals surface area contributed by atoms with Crippen LogP contribution in [0.25, 0.3) is 0 Å². The molecule has 84 valence electrons. The quantitative estimate of drug-likeness (QED) is 0.905. The zero-order chi connectivity index (χ0) is 11.4. The van der Waals surface area contributed by atoms with Crippen molar-refractivity contribution < 1.29 is 0 Å².